The molecule has 2 heteroatoms. The van der Waals surface area contributed by atoms with Gasteiger partial charge in [0, 0.05) is 6.04 Å². The Kier molecular flexibility index (Phi) is 2.26. The molecule has 0 spiro atoms. The Morgan fingerprint density at radius 3 is 2.73 bits per heavy atom. The first kappa shape index (κ1) is 9.37. The van der Waals surface area contributed by atoms with Crippen LogP contribution in [0, 0.1) is 5.92 Å². The lowest BCUT2D eigenvalue weighted by atomic mass is 9.77. The van der Waals surface area contributed by atoms with E-state index >= 15 is 0 Å². The summed E-state index contributed by atoms with van der Waals surface area (Å²) < 4.78 is 5.41. The summed E-state index contributed by atoms with van der Waals surface area (Å²) in [7, 11) is 0. The van der Waals surface area contributed by atoms with Gasteiger partial charge in [-0.25, -0.2) is 0 Å². The monoisotopic (exact) mass is 203 g/mol. The molecule has 1 aromatic rings. The second-order valence-electron chi connectivity index (χ2n) is 4.74. The van der Waals surface area contributed by atoms with Crippen molar-refractivity contribution in [3.05, 3.63) is 34.9 Å². The van der Waals surface area contributed by atoms with Crippen LogP contribution in [-0.2, 0) is 18.0 Å². The van der Waals surface area contributed by atoms with Crippen molar-refractivity contribution in [1.82, 2.24) is 0 Å². The summed E-state index contributed by atoms with van der Waals surface area (Å²) >= 11 is 0. The minimum atomic E-state index is 0.240. The fourth-order valence-electron chi connectivity index (χ4n) is 2.47. The van der Waals surface area contributed by atoms with E-state index in [-0.39, 0.29) is 6.04 Å². The van der Waals surface area contributed by atoms with Crippen molar-refractivity contribution in [3.63, 3.8) is 0 Å². The second kappa shape index (κ2) is 3.62. The number of rotatable bonds is 2. The highest BCUT2D eigenvalue weighted by Crippen LogP contribution is 2.37. The maximum absolute atomic E-state index is 6.25. The number of hydrogen-bond acceptors (Lipinski definition) is 2. The van der Waals surface area contributed by atoms with Crippen molar-refractivity contribution in [3.8, 4) is 0 Å². The summed E-state index contributed by atoms with van der Waals surface area (Å²) in [5, 5.41) is 0. The Labute approximate surface area is 90.4 Å². The second-order valence-corrected chi connectivity index (χ2v) is 4.74. The van der Waals surface area contributed by atoms with Crippen molar-refractivity contribution >= 4 is 0 Å². The van der Waals surface area contributed by atoms with Crippen molar-refractivity contribution in [2.75, 3.05) is 0 Å². The molecule has 1 aliphatic heterocycles. The zero-order valence-corrected chi connectivity index (χ0v) is 8.91. The Balaban J connectivity index is 1.85. The summed E-state index contributed by atoms with van der Waals surface area (Å²) in [6, 6.07) is 6.84. The molecule has 2 nitrogen and oxygen atoms in total. The molecule has 2 aliphatic rings. The van der Waals surface area contributed by atoms with Crippen LogP contribution in [0.2, 0.25) is 0 Å². The lowest BCUT2D eigenvalue weighted by molar-refractivity contribution is 0.134. The third-order valence-electron chi connectivity index (χ3n) is 3.79. The van der Waals surface area contributed by atoms with Crippen LogP contribution in [0.5, 0.6) is 0 Å². The highest BCUT2D eigenvalue weighted by Gasteiger charge is 2.26. The zero-order chi connectivity index (χ0) is 10.3. The first-order valence-corrected chi connectivity index (χ1v) is 5.79. The van der Waals surface area contributed by atoms with E-state index in [1.807, 2.05) is 0 Å². The molecule has 15 heavy (non-hydrogen) atoms. The van der Waals surface area contributed by atoms with Crippen molar-refractivity contribution < 1.29 is 4.74 Å². The lowest BCUT2D eigenvalue weighted by Gasteiger charge is -2.31. The van der Waals surface area contributed by atoms with E-state index in [0.717, 1.165) is 13.2 Å². The Morgan fingerprint density at radius 2 is 2.00 bits per heavy atom. The van der Waals surface area contributed by atoms with Gasteiger partial charge in [-0.2, -0.15) is 0 Å². The summed E-state index contributed by atoms with van der Waals surface area (Å²) in [5.41, 5.74) is 10.2. The standard InChI is InChI=1S/C13H17NO/c14-13(9-2-1-3-9)10-4-5-11-7-15-8-12(11)6-10/h4-6,9,13H,1-3,7-8,14H2. The van der Waals surface area contributed by atoms with Gasteiger partial charge < -0.3 is 10.5 Å². The fourth-order valence-corrected chi connectivity index (χ4v) is 2.47. The molecule has 0 amide bonds. The van der Waals surface area contributed by atoms with Crippen molar-refractivity contribution in [1.29, 1.82) is 0 Å². The van der Waals surface area contributed by atoms with Crippen LogP contribution in [0.3, 0.4) is 0 Å². The smallest absolute Gasteiger partial charge is 0.0725 e. The van der Waals surface area contributed by atoms with Gasteiger partial charge in [0.2, 0.25) is 0 Å². The van der Waals surface area contributed by atoms with E-state index in [0.29, 0.717) is 5.92 Å². The number of benzene rings is 1. The van der Waals surface area contributed by atoms with Crippen LogP contribution in [-0.4, -0.2) is 0 Å². The lowest BCUT2D eigenvalue weighted by Crippen LogP contribution is -2.26. The Bertz CT molecular complexity index is 371. The topological polar surface area (TPSA) is 35.2 Å². The maximum Gasteiger partial charge on any atom is 0.0725 e. The maximum atomic E-state index is 6.25. The molecule has 3 rings (SSSR count). The van der Waals surface area contributed by atoms with Crippen LogP contribution >= 0.6 is 0 Å². The normalized spacial score (nSPS) is 22.2. The van der Waals surface area contributed by atoms with Gasteiger partial charge >= 0.3 is 0 Å². The van der Waals surface area contributed by atoms with Crippen LogP contribution in [0.15, 0.2) is 18.2 Å². The van der Waals surface area contributed by atoms with E-state index in [4.69, 9.17) is 10.5 Å². The summed E-state index contributed by atoms with van der Waals surface area (Å²) in [5.74, 6) is 0.713. The molecule has 0 bridgehead atoms. The number of hydrogen-bond donors (Lipinski definition) is 1. The molecular weight excluding hydrogens is 186 g/mol. The third-order valence-corrected chi connectivity index (χ3v) is 3.79. The molecule has 1 fully saturated rings. The third kappa shape index (κ3) is 1.58. The largest absolute Gasteiger partial charge is 0.372 e. The molecule has 1 aromatic carbocycles. The number of ether oxygens (including phenoxy) is 1. The minimum Gasteiger partial charge on any atom is -0.372 e. The van der Waals surface area contributed by atoms with Gasteiger partial charge in [0.15, 0.2) is 0 Å². The summed E-state index contributed by atoms with van der Waals surface area (Å²) in [6.07, 6.45) is 3.95. The summed E-state index contributed by atoms with van der Waals surface area (Å²) in [4.78, 5) is 0. The van der Waals surface area contributed by atoms with Gasteiger partial charge in [0.1, 0.15) is 0 Å². The van der Waals surface area contributed by atoms with Crippen LogP contribution < -0.4 is 5.73 Å². The molecule has 2 N–H and O–H groups in total. The Hall–Kier alpha value is -0.860. The van der Waals surface area contributed by atoms with Gasteiger partial charge in [-0.3, -0.25) is 0 Å². The van der Waals surface area contributed by atoms with E-state index in [1.165, 1.54) is 36.0 Å². The molecule has 1 atom stereocenters. The number of fused-ring (bicyclic) bond motifs is 1. The molecule has 0 radical (unpaired) electrons. The zero-order valence-electron chi connectivity index (χ0n) is 8.91. The summed E-state index contributed by atoms with van der Waals surface area (Å²) in [6.45, 7) is 1.54. The van der Waals surface area contributed by atoms with E-state index in [9.17, 15) is 0 Å². The first-order valence-electron chi connectivity index (χ1n) is 5.79. The predicted octanol–water partition coefficient (Wildman–Crippen LogP) is 2.52. The van der Waals surface area contributed by atoms with Crippen LogP contribution in [0.1, 0.15) is 42.0 Å². The highest BCUT2D eigenvalue weighted by molar-refractivity contribution is 5.34. The van der Waals surface area contributed by atoms with E-state index < -0.39 is 0 Å². The quantitative estimate of drug-likeness (QED) is 0.801. The minimum absolute atomic E-state index is 0.240. The molecule has 0 aromatic heterocycles. The molecular formula is C13H17NO. The first-order chi connectivity index (χ1) is 7.34. The molecule has 80 valence electrons. The van der Waals surface area contributed by atoms with Crippen LogP contribution in [0.4, 0.5) is 0 Å². The van der Waals surface area contributed by atoms with Gasteiger partial charge in [0.25, 0.3) is 0 Å². The molecule has 1 saturated carbocycles. The SMILES string of the molecule is NC(c1ccc2c(c1)COC2)C1CCC1. The van der Waals surface area contributed by atoms with Gasteiger partial charge in [0.05, 0.1) is 13.2 Å². The van der Waals surface area contributed by atoms with Crippen molar-refractivity contribution in [2.45, 2.75) is 38.5 Å². The molecule has 1 aliphatic carbocycles. The van der Waals surface area contributed by atoms with Gasteiger partial charge in [-0.1, -0.05) is 24.6 Å². The molecule has 1 unspecified atom stereocenters. The highest BCUT2D eigenvalue weighted by atomic mass is 16.5. The van der Waals surface area contributed by atoms with E-state index in [2.05, 4.69) is 18.2 Å². The van der Waals surface area contributed by atoms with Gasteiger partial charge in [-0.05, 0) is 35.4 Å². The van der Waals surface area contributed by atoms with Gasteiger partial charge in [-0.15, -0.1) is 0 Å². The average Bonchev–Trinajstić information content (AvgIpc) is 2.61. The van der Waals surface area contributed by atoms with Crippen molar-refractivity contribution in [2.24, 2.45) is 11.7 Å². The predicted molar refractivity (Wildman–Crippen MR) is 59.2 cm³/mol. The Morgan fingerprint density at radius 1 is 1.20 bits per heavy atom. The van der Waals surface area contributed by atoms with Crippen LogP contribution in [0.25, 0.3) is 0 Å². The average molecular weight is 203 g/mol. The molecule has 1 heterocycles. The fraction of sp³-hybridized carbons (Fsp3) is 0.538. The van der Waals surface area contributed by atoms with E-state index in [1.54, 1.807) is 0 Å². The number of nitrogens with two attached hydrogens (primary N) is 1. The molecule has 0 saturated heterocycles.